The third-order valence-corrected chi connectivity index (χ3v) is 5.82. The Labute approximate surface area is 196 Å². The van der Waals surface area contributed by atoms with E-state index in [1.807, 2.05) is 13.8 Å². The van der Waals surface area contributed by atoms with Crippen molar-refractivity contribution in [1.82, 2.24) is 4.90 Å². The number of hydrogen-bond acceptors (Lipinski definition) is 4. The molecule has 6 nitrogen and oxygen atoms in total. The zero-order valence-corrected chi connectivity index (χ0v) is 19.1. The summed E-state index contributed by atoms with van der Waals surface area (Å²) >= 11 is 0. The number of nitrogens with zero attached hydrogens (tertiary/aromatic N) is 1. The number of halogens is 3. The summed E-state index contributed by atoms with van der Waals surface area (Å²) < 4.78 is 45.9. The van der Waals surface area contributed by atoms with Gasteiger partial charge in [0.05, 0.1) is 23.1 Å². The average Bonchev–Trinajstić information content (AvgIpc) is 2.73. The molecule has 0 unspecified atom stereocenters. The number of carboxylic acid groups (broad SMARTS) is 1. The molecule has 9 heteroatoms. The van der Waals surface area contributed by atoms with Crippen molar-refractivity contribution in [3.8, 4) is 11.5 Å². The molecule has 0 radical (unpaired) electrons. The average molecular weight is 479 g/mol. The quantitative estimate of drug-likeness (QED) is 0.574. The molecule has 2 aromatic carbocycles. The normalized spacial score (nSPS) is 15.9. The van der Waals surface area contributed by atoms with Crippen LogP contribution in [0, 0.1) is 5.92 Å². The van der Waals surface area contributed by atoms with E-state index in [4.69, 9.17) is 9.84 Å². The fourth-order valence-corrected chi connectivity index (χ4v) is 4.21. The van der Waals surface area contributed by atoms with Crippen LogP contribution in [0.1, 0.15) is 54.6 Å². The number of alkyl halides is 3. The highest BCUT2D eigenvalue weighted by molar-refractivity contribution is 5.87. The summed E-state index contributed by atoms with van der Waals surface area (Å²) in [5, 5.41) is 19.6. The topological polar surface area (TPSA) is 87.1 Å². The van der Waals surface area contributed by atoms with Crippen LogP contribution < -0.4 is 4.74 Å². The lowest BCUT2D eigenvalue weighted by molar-refractivity contribution is -0.138. The highest BCUT2D eigenvalue weighted by atomic mass is 19.4. The van der Waals surface area contributed by atoms with Crippen molar-refractivity contribution in [3.05, 3.63) is 59.2 Å². The molecule has 0 saturated carbocycles. The number of rotatable bonds is 7. The number of carbonyl (C=O) groups excluding carboxylic acids is 1. The van der Waals surface area contributed by atoms with Crippen molar-refractivity contribution < 1.29 is 37.7 Å². The monoisotopic (exact) mass is 479 g/mol. The molecule has 1 amide bonds. The molecule has 1 heterocycles. The third kappa shape index (κ3) is 6.72. The maximum Gasteiger partial charge on any atom is 0.416 e. The Morgan fingerprint density at radius 2 is 1.68 bits per heavy atom. The Kier molecular flexibility index (Phi) is 7.55. The standard InChI is InChI=1S/C25H28F3NO5/c1-16(2)15-24(33)7-9-29(10-8-24)22(30)13-17-11-19(25(26,27)28)14-21(12-17)34-20-5-3-18(4-6-20)23(31)32/h3-6,11-12,14,16,33H,7-10,13,15H2,1-2H3,(H,31,32). The van der Waals surface area contributed by atoms with Gasteiger partial charge < -0.3 is 19.8 Å². The SMILES string of the molecule is CC(C)CC1(O)CCN(C(=O)Cc2cc(Oc3ccc(C(=O)O)cc3)cc(C(F)(F)F)c2)CC1. The molecule has 2 aromatic rings. The minimum Gasteiger partial charge on any atom is -0.478 e. The lowest BCUT2D eigenvalue weighted by Crippen LogP contribution is -2.47. The molecule has 2 N–H and O–H groups in total. The second kappa shape index (κ2) is 10.0. The third-order valence-electron chi connectivity index (χ3n) is 5.82. The van der Waals surface area contributed by atoms with Crippen molar-refractivity contribution in [2.75, 3.05) is 13.1 Å². The van der Waals surface area contributed by atoms with Crippen LogP contribution in [0.5, 0.6) is 11.5 Å². The van der Waals surface area contributed by atoms with Gasteiger partial charge in [-0.25, -0.2) is 4.79 Å². The second-order valence-electron chi connectivity index (χ2n) is 9.17. The number of piperidine rings is 1. The molecule has 1 aliphatic heterocycles. The first-order valence-electron chi connectivity index (χ1n) is 11.1. The van der Waals surface area contributed by atoms with E-state index in [9.17, 15) is 27.9 Å². The minimum atomic E-state index is -4.64. The highest BCUT2D eigenvalue weighted by Gasteiger charge is 2.35. The van der Waals surface area contributed by atoms with Crippen molar-refractivity contribution in [2.45, 2.75) is 51.3 Å². The molecular weight excluding hydrogens is 451 g/mol. The van der Waals surface area contributed by atoms with E-state index in [0.717, 1.165) is 12.1 Å². The number of carboxylic acids is 1. The van der Waals surface area contributed by atoms with E-state index < -0.39 is 23.3 Å². The van der Waals surface area contributed by atoms with Gasteiger partial charge in [-0.05, 0) is 73.2 Å². The van der Waals surface area contributed by atoms with Crippen LogP contribution >= 0.6 is 0 Å². The van der Waals surface area contributed by atoms with Gasteiger partial charge in [0, 0.05) is 13.1 Å². The molecule has 1 fully saturated rings. The highest BCUT2D eigenvalue weighted by Crippen LogP contribution is 2.35. The summed E-state index contributed by atoms with van der Waals surface area (Å²) in [5.74, 6) is -1.07. The van der Waals surface area contributed by atoms with E-state index in [1.54, 1.807) is 4.90 Å². The Balaban J connectivity index is 1.74. The number of carbonyl (C=O) groups is 2. The van der Waals surface area contributed by atoms with Gasteiger partial charge in [-0.1, -0.05) is 13.8 Å². The summed E-state index contributed by atoms with van der Waals surface area (Å²) in [7, 11) is 0. The summed E-state index contributed by atoms with van der Waals surface area (Å²) in [6.45, 7) is 4.73. The number of amides is 1. The minimum absolute atomic E-state index is 0.0181. The van der Waals surface area contributed by atoms with Crippen molar-refractivity contribution in [1.29, 1.82) is 0 Å². The van der Waals surface area contributed by atoms with Gasteiger partial charge in [-0.15, -0.1) is 0 Å². The zero-order chi connectivity index (χ0) is 25.1. The molecule has 1 saturated heterocycles. The molecule has 0 atom stereocenters. The fraction of sp³-hybridized carbons (Fsp3) is 0.440. The Morgan fingerprint density at radius 3 is 2.21 bits per heavy atom. The Morgan fingerprint density at radius 1 is 1.06 bits per heavy atom. The molecule has 3 rings (SSSR count). The van der Waals surface area contributed by atoms with E-state index in [-0.39, 0.29) is 35.0 Å². The predicted octanol–water partition coefficient (Wildman–Crippen LogP) is 5.14. The summed E-state index contributed by atoms with van der Waals surface area (Å²) in [4.78, 5) is 25.3. The molecule has 0 bridgehead atoms. The smallest absolute Gasteiger partial charge is 0.416 e. The second-order valence-corrected chi connectivity index (χ2v) is 9.17. The lowest BCUT2D eigenvalue weighted by atomic mass is 9.84. The predicted molar refractivity (Wildman–Crippen MR) is 119 cm³/mol. The maximum atomic E-state index is 13.5. The van der Waals surface area contributed by atoms with Crippen LogP contribution in [0.15, 0.2) is 42.5 Å². The van der Waals surface area contributed by atoms with Crippen molar-refractivity contribution in [3.63, 3.8) is 0 Å². The van der Waals surface area contributed by atoms with Crippen LogP contribution in [0.3, 0.4) is 0 Å². The number of ether oxygens (including phenoxy) is 1. The van der Waals surface area contributed by atoms with Crippen molar-refractivity contribution >= 4 is 11.9 Å². The first kappa shape index (κ1) is 25.6. The van der Waals surface area contributed by atoms with E-state index in [1.165, 1.54) is 30.3 Å². The fourth-order valence-electron chi connectivity index (χ4n) is 4.21. The first-order valence-corrected chi connectivity index (χ1v) is 11.1. The molecule has 0 aromatic heterocycles. The van der Waals surface area contributed by atoms with Gasteiger partial charge >= 0.3 is 12.1 Å². The summed E-state index contributed by atoms with van der Waals surface area (Å²) in [6.07, 6.45) is -3.37. The molecule has 34 heavy (non-hydrogen) atoms. The number of aliphatic hydroxyl groups is 1. The Bertz CT molecular complexity index is 1030. The van der Waals surface area contributed by atoms with Crippen LogP contribution in [-0.2, 0) is 17.4 Å². The van der Waals surface area contributed by atoms with E-state index in [0.29, 0.717) is 38.3 Å². The van der Waals surface area contributed by atoms with Gasteiger partial charge in [-0.3, -0.25) is 4.79 Å². The van der Waals surface area contributed by atoms with Crippen molar-refractivity contribution in [2.24, 2.45) is 5.92 Å². The molecule has 1 aliphatic rings. The van der Waals surface area contributed by atoms with Crippen LogP contribution in [0.2, 0.25) is 0 Å². The summed E-state index contributed by atoms with van der Waals surface area (Å²) in [5.41, 5.74) is -1.59. The van der Waals surface area contributed by atoms with E-state index >= 15 is 0 Å². The summed E-state index contributed by atoms with van der Waals surface area (Å²) in [6, 6.07) is 8.40. The number of aromatic carboxylic acids is 1. The van der Waals surface area contributed by atoms with Gasteiger partial charge in [0.25, 0.3) is 0 Å². The van der Waals surface area contributed by atoms with Gasteiger partial charge in [0.15, 0.2) is 0 Å². The molecule has 0 spiro atoms. The maximum absolute atomic E-state index is 13.5. The van der Waals surface area contributed by atoms with Gasteiger partial charge in [0.2, 0.25) is 5.91 Å². The Hall–Kier alpha value is -3.07. The number of hydrogen-bond donors (Lipinski definition) is 2. The van der Waals surface area contributed by atoms with Crippen LogP contribution in [0.4, 0.5) is 13.2 Å². The number of likely N-dealkylation sites (tertiary alicyclic amines) is 1. The van der Waals surface area contributed by atoms with Gasteiger partial charge in [0.1, 0.15) is 11.5 Å². The van der Waals surface area contributed by atoms with Gasteiger partial charge in [-0.2, -0.15) is 13.2 Å². The number of benzene rings is 2. The molecule has 0 aliphatic carbocycles. The van der Waals surface area contributed by atoms with Crippen LogP contribution in [-0.4, -0.2) is 45.7 Å². The van der Waals surface area contributed by atoms with Crippen LogP contribution in [0.25, 0.3) is 0 Å². The first-order chi connectivity index (χ1) is 15.8. The van der Waals surface area contributed by atoms with E-state index in [2.05, 4.69) is 0 Å². The molecular formula is C25H28F3NO5. The lowest BCUT2D eigenvalue weighted by Gasteiger charge is -2.39. The molecule has 184 valence electrons. The zero-order valence-electron chi connectivity index (χ0n) is 19.1. The largest absolute Gasteiger partial charge is 0.478 e.